The van der Waals surface area contributed by atoms with Crippen LogP contribution in [0.4, 0.5) is 0 Å². The Bertz CT molecular complexity index is 440. The highest BCUT2D eigenvalue weighted by molar-refractivity contribution is 5.28. The fraction of sp³-hybridized carbons (Fsp3) is 0.529. The largest absolute Gasteiger partial charge is 0.375 e. The summed E-state index contributed by atoms with van der Waals surface area (Å²) < 4.78 is 5.82. The van der Waals surface area contributed by atoms with Gasteiger partial charge in [0.05, 0.1) is 6.04 Å². The van der Waals surface area contributed by atoms with Crippen molar-refractivity contribution in [2.75, 3.05) is 13.7 Å². The number of ether oxygens (including phenoxy) is 1. The highest BCUT2D eigenvalue weighted by atomic mass is 16.5. The van der Waals surface area contributed by atoms with E-state index in [0.717, 1.165) is 12.5 Å². The van der Waals surface area contributed by atoms with Crippen LogP contribution < -0.4 is 5.32 Å². The van der Waals surface area contributed by atoms with Crippen LogP contribution in [0.25, 0.3) is 0 Å². The van der Waals surface area contributed by atoms with Gasteiger partial charge in [-0.2, -0.15) is 0 Å². The molecular weight excluding hydrogens is 234 g/mol. The van der Waals surface area contributed by atoms with Crippen molar-refractivity contribution in [1.82, 2.24) is 5.32 Å². The zero-order valence-electron chi connectivity index (χ0n) is 11.6. The van der Waals surface area contributed by atoms with Crippen molar-refractivity contribution in [1.29, 1.82) is 0 Å². The van der Waals surface area contributed by atoms with Crippen molar-refractivity contribution in [2.24, 2.45) is 5.92 Å². The summed E-state index contributed by atoms with van der Waals surface area (Å²) in [4.78, 5) is 0. The maximum Gasteiger partial charge on any atom is 0.101 e. The predicted molar refractivity (Wildman–Crippen MR) is 78.0 cm³/mol. The summed E-state index contributed by atoms with van der Waals surface area (Å²) in [5.41, 5.74) is 2.86. The van der Waals surface area contributed by atoms with Crippen LogP contribution in [0.2, 0.25) is 0 Å². The molecule has 3 atom stereocenters. The lowest BCUT2D eigenvalue weighted by molar-refractivity contribution is 0.0684. The molecule has 0 radical (unpaired) electrons. The molecule has 102 valence electrons. The van der Waals surface area contributed by atoms with Gasteiger partial charge in [0.15, 0.2) is 0 Å². The third kappa shape index (κ3) is 2.60. The summed E-state index contributed by atoms with van der Waals surface area (Å²) in [6.07, 6.45) is 7.82. The first-order valence-electron chi connectivity index (χ1n) is 7.41. The summed E-state index contributed by atoms with van der Waals surface area (Å²) in [7, 11) is 1.83. The summed E-state index contributed by atoms with van der Waals surface area (Å²) in [5.74, 6) is 0.779. The molecule has 3 rings (SSSR count). The van der Waals surface area contributed by atoms with Crippen LogP contribution in [0.1, 0.15) is 37.4 Å². The summed E-state index contributed by atoms with van der Waals surface area (Å²) in [6, 6.07) is 10.9. The van der Waals surface area contributed by atoms with Crippen LogP contribution in [0, 0.1) is 5.92 Å². The normalized spacial score (nSPS) is 28.4. The lowest BCUT2D eigenvalue weighted by Crippen LogP contribution is -2.45. The lowest BCUT2D eigenvalue weighted by Gasteiger charge is -2.39. The van der Waals surface area contributed by atoms with Crippen LogP contribution in [-0.4, -0.2) is 19.7 Å². The van der Waals surface area contributed by atoms with Crippen molar-refractivity contribution in [3.63, 3.8) is 0 Å². The van der Waals surface area contributed by atoms with E-state index in [-0.39, 0.29) is 6.10 Å². The minimum atomic E-state index is 0.133. The number of nitrogens with one attached hydrogen (secondary N) is 1. The molecule has 1 aromatic rings. The van der Waals surface area contributed by atoms with Gasteiger partial charge in [-0.1, -0.05) is 42.0 Å². The van der Waals surface area contributed by atoms with E-state index in [1.165, 1.54) is 31.2 Å². The number of fused-ring (bicyclic) bond motifs is 1. The fourth-order valence-electron chi connectivity index (χ4n) is 3.58. The Morgan fingerprint density at radius 1 is 1.21 bits per heavy atom. The average Bonchev–Trinajstić information content (AvgIpc) is 2.49. The van der Waals surface area contributed by atoms with Gasteiger partial charge in [-0.15, -0.1) is 0 Å². The molecule has 1 heterocycles. The van der Waals surface area contributed by atoms with E-state index >= 15 is 0 Å². The number of hydrogen-bond donors (Lipinski definition) is 1. The highest BCUT2D eigenvalue weighted by Crippen LogP contribution is 2.37. The van der Waals surface area contributed by atoms with Crippen LogP contribution in [0.3, 0.4) is 0 Å². The van der Waals surface area contributed by atoms with Crippen molar-refractivity contribution >= 4 is 0 Å². The molecule has 1 fully saturated rings. The minimum Gasteiger partial charge on any atom is -0.375 e. The molecule has 0 bridgehead atoms. The standard InChI is InChI=1S/C17H23NO/c1-19-17(14-8-3-2-4-9-14)16-15-10-6-5-7-13(15)11-12-18-16/h2-4,8-10,13,16-18H,5-7,11-12H2,1H3. The maximum atomic E-state index is 5.82. The Kier molecular flexibility index (Phi) is 4.00. The second-order valence-corrected chi connectivity index (χ2v) is 5.62. The van der Waals surface area contributed by atoms with Crippen molar-refractivity contribution in [2.45, 2.75) is 37.8 Å². The molecular formula is C17H23NO. The van der Waals surface area contributed by atoms with Gasteiger partial charge in [-0.3, -0.25) is 0 Å². The summed E-state index contributed by atoms with van der Waals surface area (Å²) >= 11 is 0. The summed E-state index contributed by atoms with van der Waals surface area (Å²) in [6.45, 7) is 1.11. The molecule has 1 aliphatic heterocycles. The first-order valence-corrected chi connectivity index (χ1v) is 7.41. The molecule has 1 aromatic carbocycles. The molecule has 19 heavy (non-hydrogen) atoms. The quantitative estimate of drug-likeness (QED) is 0.837. The van der Waals surface area contributed by atoms with Crippen molar-refractivity contribution in [3.8, 4) is 0 Å². The molecule has 0 amide bonds. The predicted octanol–water partition coefficient (Wildman–Crippen LogP) is 3.46. The van der Waals surface area contributed by atoms with E-state index in [1.807, 2.05) is 7.11 Å². The van der Waals surface area contributed by atoms with E-state index in [0.29, 0.717) is 6.04 Å². The van der Waals surface area contributed by atoms with Gasteiger partial charge in [-0.05, 0) is 43.7 Å². The van der Waals surface area contributed by atoms with Gasteiger partial charge in [0.2, 0.25) is 0 Å². The smallest absolute Gasteiger partial charge is 0.101 e. The van der Waals surface area contributed by atoms with Gasteiger partial charge >= 0.3 is 0 Å². The van der Waals surface area contributed by atoms with Gasteiger partial charge in [-0.25, -0.2) is 0 Å². The first kappa shape index (κ1) is 12.9. The Morgan fingerprint density at radius 3 is 2.84 bits per heavy atom. The number of methoxy groups -OCH3 is 1. The van der Waals surface area contributed by atoms with Gasteiger partial charge < -0.3 is 10.1 Å². The molecule has 2 aliphatic rings. The SMILES string of the molecule is COC(c1ccccc1)C1NCCC2CCCC=C21. The van der Waals surface area contributed by atoms with Crippen molar-refractivity contribution in [3.05, 3.63) is 47.5 Å². The number of hydrogen-bond acceptors (Lipinski definition) is 2. The second kappa shape index (κ2) is 5.89. The zero-order valence-corrected chi connectivity index (χ0v) is 11.6. The maximum absolute atomic E-state index is 5.82. The summed E-state index contributed by atoms with van der Waals surface area (Å²) in [5, 5.41) is 3.67. The third-order valence-corrected chi connectivity index (χ3v) is 4.51. The fourth-order valence-corrected chi connectivity index (χ4v) is 3.58. The Balaban J connectivity index is 1.88. The van der Waals surface area contributed by atoms with Crippen molar-refractivity contribution < 1.29 is 4.74 Å². The highest BCUT2D eigenvalue weighted by Gasteiger charge is 2.34. The van der Waals surface area contributed by atoms with Gasteiger partial charge in [0, 0.05) is 7.11 Å². The Labute approximate surface area is 115 Å². The molecule has 2 heteroatoms. The van der Waals surface area contributed by atoms with Crippen LogP contribution in [-0.2, 0) is 4.74 Å². The van der Waals surface area contributed by atoms with E-state index in [4.69, 9.17) is 4.74 Å². The third-order valence-electron chi connectivity index (χ3n) is 4.51. The van der Waals surface area contributed by atoms with E-state index in [2.05, 4.69) is 41.7 Å². The van der Waals surface area contributed by atoms with E-state index in [1.54, 1.807) is 5.57 Å². The molecule has 0 saturated carbocycles. The monoisotopic (exact) mass is 257 g/mol. The van der Waals surface area contributed by atoms with E-state index < -0.39 is 0 Å². The van der Waals surface area contributed by atoms with Crippen LogP contribution in [0.5, 0.6) is 0 Å². The molecule has 1 saturated heterocycles. The number of rotatable bonds is 3. The molecule has 1 N–H and O–H groups in total. The van der Waals surface area contributed by atoms with Gasteiger partial charge in [0.1, 0.15) is 6.10 Å². The molecule has 3 unspecified atom stereocenters. The average molecular weight is 257 g/mol. The van der Waals surface area contributed by atoms with Crippen LogP contribution in [0.15, 0.2) is 42.0 Å². The number of benzene rings is 1. The Morgan fingerprint density at radius 2 is 2.05 bits per heavy atom. The lowest BCUT2D eigenvalue weighted by atomic mass is 9.76. The molecule has 1 aliphatic carbocycles. The second-order valence-electron chi connectivity index (χ2n) is 5.62. The van der Waals surface area contributed by atoms with E-state index in [9.17, 15) is 0 Å². The topological polar surface area (TPSA) is 21.3 Å². The molecule has 0 spiro atoms. The molecule has 2 nitrogen and oxygen atoms in total. The Hall–Kier alpha value is -1.12. The first-order chi connectivity index (χ1) is 9.40. The zero-order chi connectivity index (χ0) is 13.1. The van der Waals surface area contributed by atoms with Gasteiger partial charge in [0.25, 0.3) is 0 Å². The molecule has 0 aromatic heterocycles. The number of piperidine rings is 1. The number of allylic oxidation sites excluding steroid dienone is 1. The van der Waals surface area contributed by atoms with Crippen LogP contribution >= 0.6 is 0 Å². The minimum absolute atomic E-state index is 0.133.